The predicted molar refractivity (Wildman–Crippen MR) is 163 cm³/mol. The van der Waals surface area contributed by atoms with Crippen molar-refractivity contribution in [3.63, 3.8) is 0 Å². The molecule has 4 heterocycles. The smallest absolute Gasteiger partial charge is 0.236 e. The highest BCUT2D eigenvalue weighted by atomic mass is 15.2. The average molecular weight is 512 g/mol. The van der Waals surface area contributed by atoms with Crippen LogP contribution in [-0.2, 0) is 0 Å². The van der Waals surface area contributed by atoms with Crippen LogP contribution in [0.4, 0.5) is 0 Å². The number of fused-ring (bicyclic) bond motifs is 11. The Hall–Kier alpha value is -5.55. The summed E-state index contributed by atoms with van der Waals surface area (Å²) >= 11 is 0. The van der Waals surface area contributed by atoms with Crippen LogP contribution in [0.2, 0.25) is 0 Å². The van der Waals surface area contributed by atoms with Crippen molar-refractivity contribution in [2.45, 2.75) is 0 Å². The Kier molecular flexibility index (Phi) is 4.27. The van der Waals surface area contributed by atoms with E-state index >= 15 is 0 Å². The molecule has 0 unspecified atom stereocenters. The van der Waals surface area contributed by atoms with Crippen LogP contribution >= 0.6 is 0 Å². The third kappa shape index (κ3) is 2.83. The summed E-state index contributed by atoms with van der Waals surface area (Å²) in [6, 6.07) is 44.1. The second-order valence-electron chi connectivity index (χ2n) is 10.1. The molecule has 0 bridgehead atoms. The second-order valence-corrected chi connectivity index (χ2v) is 10.1. The van der Waals surface area contributed by atoms with Crippen molar-refractivity contribution in [1.29, 1.82) is 0 Å². The molecular weight excluding hydrogens is 490 g/mol. The van der Waals surface area contributed by atoms with Crippen molar-refractivity contribution >= 4 is 60.3 Å². The molecular formula is C35H21N5. The lowest BCUT2D eigenvalue weighted by molar-refractivity contribution is 0.991. The first-order chi connectivity index (χ1) is 19.9. The van der Waals surface area contributed by atoms with Gasteiger partial charge in [0.15, 0.2) is 0 Å². The molecule has 0 radical (unpaired) electrons. The Balaban J connectivity index is 1.55. The van der Waals surface area contributed by atoms with Gasteiger partial charge in [-0.1, -0.05) is 103 Å². The van der Waals surface area contributed by atoms with Crippen LogP contribution in [0.3, 0.4) is 0 Å². The van der Waals surface area contributed by atoms with Crippen molar-refractivity contribution in [2.75, 3.05) is 0 Å². The van der Waals surface area contributed by atoms with Crippen LogP contribution < -0.4 is 0 Å². The highest BCUT2D eigenvalue weighted by Gasteiger charge is 2.23. The minimum Gasteiger partial charge on any atom is -0.277 e. The van der Waals surface area contributed by atoms with Gasteiger partial charge in [-0.3, -0.25) is 8.97 Å². The van der Waals surface area contributed by atoms with Crippen LogP contribution in [-0.4, -0.2) is 23.9 Å². The molecule has 5 aromatic carbocycles. The van der Waals surface area contributed by atoms with E-state index in [9.17, 15) is 0 Å². The van der Waals surface area contributed by atoms with E-state index in [0.717, 1.165) is 60.8 Å². The molecule has 0 amide bonds. The molecule has 0 saturated carbocycles. The van der Waals surface area contributed by atoms with Gasteiger partial charge in [0.05, 0.1) is 27.8 Å². The van der Waals surface area contributed by atoms with Crippen molar-refractivity contribution in [1.82, 2.24) is 23.9 Å². The SMILES string of the molecule is c1ccc(-c2nc(-n3c4ccccc4c4c5ccccc5c5nc6ccccc6n5c43)nc3ccccc23)cc1. The number of para-hydroxylation sites is 4. The van der Waals surface area contributed by atoms with Crippen LogP contribution in [0.15, 0.2) is 127 Å². The van der Waals surface area contributed by atoms with Gasteiger partial charge in [0.2, 0.25) is 5.95 Å². The van der Waals surface area contributed by atoms with Gasteiger partial charge in [-0.15, -0.1) is 0 Å². The number of nitrogens with zero attached hydrogens (tertiary/aromatic N) is 5. The third-order valence-electron chi connectivity index (χ3n) is 7.90. The van der Waals surface area contributed by atoms with Crippen molar-refractivity contribution in [3.05, 3.63) is 127 Å². The van der Waals surface area contributed by atoms with Crippen molar-refractivity contribution < 1.29 is 0 Å². The van der Waals surface area contributed by atoms with E-state index in [0.29, 0.717) is 5.95 Å². The van der Waals surface area contributed by atoms with Gasteiger partial charge >= 0.3 is 0 Å². The summed E-state index contributed by atoms with van der Waals surface area (Å²) in [5.41, 5.74) is 7.90. The number of hydrogen-bond acceptors (Lipinski definition) is 3. The number of imidazole rings is 1. The molecule has 5 nitrogen and oxygen atoms in total. The molecule has 4 aromatic heterocycles. The van der Waals surface area contributed by atoms with Crippen molar-refractivity contribution in [3.8, 4) is 17.2 Å². The molecule has 0 fully saturated rings. The summed E-state index contributed by atoms with van der Waals surface area (Å²) in [5.74, 6) is 0.637. The van der Waals surface area contributed by atoms with Crippen LogP contribution in [0, 0.1) is 0 Å². The monoisotopic (exact) mass is 511 g/mol. The Morgan fingerprint density at radius 1 is 0.450 bits per heavy atom. The first kappa shape index (κ1) is 21.4. The molecule has 0 aliphatic heterocycles. The summed E-state index contributed by atoms with van der Waals surface area (Å²) in [5, 5.41) is 5.64. The maximum Gasteiger partial charge on any atom is 0.236 e. The highest BCUT2D eigenvalue weighted by Crippen LogP contribution is 2.40. The molecule has 0 aliphatic rings. The number of rotatable bonds is 2. The van der Waals surface area contributed by atoms with Crippen LogP contribution in [0.1, 0.15) is 0 Å². The summed E-state index contributed by atoms with van der Waals surface area (Å²) in [7, 11) is 0. The zero-order valence-electron chi connectivity index (χ0n) is 21.4. The molecule has 0 saturated heterocycles. The summed E-state index contributed by atoms with van der Waals surface area (Å²) in [6.07, 6.45) is 0. The maximum atomic E-state index is 5.28. The number of hydrogen-bond donors (Lipinski definition) is 0. The maximum absolute atomic E-state index is 5.28. The topological polar surface area (TPSA) is 48.0 Å². The highest BCUT2D eigenvalue weighted by molar-refractivity contribution is 6.23. The lowest BCUT2D eigenvalue weighted by Gasteiger charge is -2.13. The minimum absolute atomic E-state index is 0.637. The fourth-order valence-electron chi connectivity index (χ4n) is 6.20. The summed E-state index contributed by atoms with van der Waals surface area (Å²) < 4.78 is 4.50. The molecule has 9 rings (SSSR count). The predicted octanol–water partition coefficient (Wildman–Crippen LogP) is 8.35. The van der Waals surface area contributed by atoms with Gasteiger partial charge in [-0.2, -0.15) is 0 Å². The zero-order chi connectivity index (χ0) is 26.2. The van der Waals surface area contributed by atoms with Gasteiger partial charge < -0.3 is 0 Å². The van der Waals surface area contributed by atoms with E-state index in [2.05, 4.69) is 112 Å². The van der Waals surface area contributed by atoms with Crippen LogP contribution in [0.5, 0.6) is 0 Å². The molecule has 9 aromatic rings. The van der Waals surface area contributed by atoms with Crippen molar-refractivity contribution in [2.24, 2.45) is 0 Å². The standard InChI is InChI=1S/C35H21N5/c1-2-12-22(13-3-1)32-25-16-6-8-18-27(25)37-35(38-32)40-29-20-10-7-17-26(29)31-23-14-4-5-15-24(23)33-36-28-19-9-11-21-30(28)39(33)34(31)40/h1-21H. The normalized spacial score (nSPS) is 12.0. The van der Waals surface area contributed by atoms with Gasteiger partial charge in [0, 0.05) is 27.1 Å². The number of pyridine rings is 1. The third-order valence-corrected chi connectivity index (χ3v) is 7.90. The molecule has 186 valence electrons. The quantitative estimate of drug-likeness (QED) is 0.234. The van der Waals surface area contributed by atoms with E-state index in [1.54, 1.807) is 0 Å². The minimum atomic E-state index is 0.637. The lowest BCUT2D eigenvalue weighted by Crippen LogP contribution is -2.06. The molecule has 0 N–H and O–H groups in total. The Morgan fingerprint density at radius 2 is 1.07 bits per heavy atom. The number of benzene rings is 5. The molecule has 0 atom stereocenters. The van der Waals surface area contributed by atoms with E-state index in [1.807, 2.05) is 24.3 Å². The first-order valence-electron chi connectivity index (χ1n) is 13.4. The average Bonchev–Trinajstić information content (AvgIpc) is 3.58. The fraction of sp³-hybridized carbons (Fsp3) is 0. The lowest BCUT2D eigenvalue weighted by atomic mass is 10.1. The van der Waals surface area contributed by atoms with Gasteiger partial charge in [0.1, 0.15) is 11.3 Å². The molecule has 0 aliphatic carbocycles. The Bertz CT molecular complexity index is 2430. The second kappa shape index (κ2) is 7.98. The Morgan fingerprint density at radius 3 is 1.90 bits per heavy atom. The zero-order valence-corrected chi connectivity index (χ0v) is 21.4. The summed E-state index contributed by atoms with van der Waals surface area (Å²) in [6.45, 7) is 0. The fourth-order valence-corrected chi connectivity index (χ4v) is 6.20. The van der Waals surface area contributed by atoms with Gasteiger partial charge in [0.25, 0.3) is 0 Å². The molecule has 5 heteroatoms. The van der Waals surface area contributed by atoms with Crippen LogP contribution in [0.25, 0.3) is 77.5 Å². The largest absolute Gasteiger partial charge is 0.277 e. The van der Waals surface area contributed by atoms with Gasteiger partial charge in [-0.05, 0) is 29.7 Å². The van der Waals surface area contributed by atoms with E-state index < -0.39 is 0 Å². The van der Waals surface area contributed by atoms with E-state index in [4.69, 9.17) is 15.0 Å². The number of aromatic nitrogens is 5. The summed E-state index contributed by atoms with van der Waals surface area (Å²) in [4.78, 5) is 15.6. The van der Waals surface area contributed by atoms with E-state index in [-0.39, 0.29) is 0 Å². The molecule has 0 spiro atoms. The van der Waals surface area contributed by atoms with E-state index in [1.165, 1.54) is 10.8 Å². The Labute approximate surface area is 228 Å². The van der Waals surface area contributed by atoms with Gasteiger partial charge in [-0.25, -0.2) is 15.0 Å². The molecule has 40 heavy (non-hydrogen) atoms. The first-order valence-corrected chi connectivity index (χ1v) is 13.4.